The number of hydrogen-bond donors (Lipinski definition) is 3. The molecular weight excluding hydrogens is 294 g/mol. The molecule has 1 aliphatic carbocycles. The van der Waals surface area contributed by atoms with E-state index in [0.29, 0.717) is 23.0 Å². The van der Waals surface area contributed by atoms with Crippen molar-refractivity contribution in [2.75, 3.05) is 17.7 Å². The molecule has 0 heterocycles. The maximum atomic E-state index is 12.3. The Morgan fingerprint density at radius 2 is 1.91 bits per heavy atom. The lowest BCUT2D eigenvalue weighted by atomic mass is 9.86. The summed E-state index contributed by atoms with van der Waals surface area (Å²) in [6, 6.07) is 5.08. The van der Waals surface area contributed by atoms with Crippen LogP contribution in [0.5, 0.6) is 5.75 Å². The van der Waals surface area contributed by atoms with E-state index in [2.05, 4.69) is 22.9 Å². The van der Waals surface area contributed by atoms with Crippen LogP contribution in [0.3, 0.4) is 0 Å². The first-order valence-corrected chi connectivity index (χ1v) is 8.02. The van der Waals surface area contributed by atoms with Crippen LogP contribution in [0.4, 0.5) is 16.2 Å². The Kier molecular flexibility index (Phi) is 5.84. The van der Waals surface area contributed by atoms with Gasteiger partial charge in [0.25, 0.3) is 0 Å². The number of urea groups is 1. The van der Waals surface area contributed by atoms with Crippen LogP contribution in [-0.2, 0) is 4.79 Å². The summed E-state index contributed by atoms with van der Waals surface area (Å²) < 4.78 is 5.26. The second kappa shape index (κ2) is 7.85. The summed E-state index contributed by atoms with van der Waals surface area (Å²) in [5.41, 5.74) is 1.14. The van der Waals surface area contributed by atoms with Crippen molar-refractivity contribution in [1.82, 2.24) is 5.32 Å². The fraction of sp³-hybridized carbons (Fsp3) is 0.529. The number of nitrogens with one attached hydrogen (secondary N) is 3. The number of ether oxygens (including phenoxy) is 1. The van der Waals surface area contributed by atoms with Gasteiger partial charge in [0.15, 0.2) is 0 Å². The van der Waals surface area contributed by atoms with Gasteiger partial charge in [0, 0.05) is 18.7 Å². The van der Waals surface area contributed by atoms with E-state index in [1.165, 1.54) is 13.3 Å². The van der Waals surface area contributed by atoms with Gasteiger partial charge in [-0.15, -0.1) is 0 Å². The van der Waals surface area contributed by atoms with Crippen molar-refractivity contribution < 1.29 is 14.3 Å². The molecule has 3 amide bonds. The Bertz CT molecular complexity index is 574. The maximum Gasteiger partial charge on any atom is 0.319 e. The minimum Gasteiger partial charge on any atom is -0.495 e. The van der Waals surface area contributed by atoms with E-state index in [-0.39, 0.29) is 18.0 Å². The summed E-state index contributed by atoms with van der Waals surface area (Å²) in [5, 5.41) is 8.54. The second-order valence-corrected chi connectivity index (χ2v) is 6.06. The Labute approximate surface area is 137 Å². The van der Waals surface area contributed by atoms with Gasteiger partial charge >= 0.3 is 6.03 Å². The van der Waals surface area contributed by atoms with E-state index in [4.69, 9.17) is 4.74 Å². The van der Waals surface area contributed by atoms with Crippen LogP contribution in [0.15, 0.2) is 18.2 Å². The molecule has 6 nitrogen and oxygen atoms in total. The van der Waals surface area contributed by atoms with Crippen molar-refractivity contribution >= 4 is 23.3 Å². The van der Waals surface area contributed by atoms with Gasteiger partial charge in [0.2, 0.25) is 5.91 Å². The molecule has 6 heteroatoms. The summed E-state index contributed by atoms with van der Waals surface area (Å²) in [5.74, 6) is 0.870. The van der Waals surface area contributed by atoms with Crippen molar-refractivity contribution in [1.29, 1.82) is 0 Å². The molecule has 126 valence electrons. The van der Waals surface area contributed by atoms with Crippen LogP contribution in [-0.4, -0.2) is 25.1 Å². The molecule has 2 rings (SSSR count). The van der Waals surface area contributed by atoms with Crippen molar-refractivity contribution in [3.63, 3.8) is 0 Å². The zero-order valence-corrected chi connectivity index (χ0v) is 13.9. The number of hydrogen-bond acceptors (Lipinski definition) is 3. The Hall–Kier alpha value is -2.24. The zero-order chi connectivity index (χ0) is 16.8. The summed E-state index contributed by atoms with van der Waals surface area (Å²) in [7, 11) is 1.54. The maximum absolute atomic E-state index is 12.3. The lowest BCUT2D eigenvalue weighted by Crippen LogP contribution is -2.43. The smallest absolute Gasteiger partial charge is 0.319 e. The highest BCUT2D eigenvalue weighted by molar-refractivity contribution is 5.94. The molecule has 0 spiro atoms. The van der Waals surface area contributed by atoms with Gasteiger partial charge < -0.3 is 20.7 Å². The highest BCUT2D eigenvalue weighted by Gasteiger charge is 2.23. The first-order valence-electron chi connectivity index (χ1n) is 8.02. The largest absolute Gasteiger partial charge is 0.495 e. The average molecular weight is 319 g/mol. The topological polar surface area (TPSA) is 79.5 Å². The summed E-state index contributed by atoms with van der Waals surface area (Å²) >= 11 is 0. The minimum absolute atomic E-state index is 0.165. The van der Waals surface area contributed by atoms with Gasteiger partial charge in [-0.05, 0) is 37.0 Å². The van der Waals surface area contributed by atoms with E-state index in [1.807, 2.05) is 0 Å². The molecule has 1 aromatic rings. The molecule has 1 fully saturated rings. The summed E-state index contributed by atoms with van der Waals surface area (Å²) in [6.45, 7) is 3.61. The molecule has 2 unspecified atom stereocenters. The van der Waals surface area contributed by atoms with Crippen molar-refractivity contribution in [3.8, 4) is 5.75 Å². The fourth-order valence-electron chi connectivity index (χ4n) is 2.94. The number of amides is 3. The van der Waals surface area contributed by atoms with Crippen molar-refractivity contribution in [2.24, 2.45) is 5.92 Å². The first kappa shape index (κ1) is 17.1. The number of carbonyl (C=O) groups is 2. The third kappa shape index (κ3) is 4.87. The molecule has 0 radical (unpaired) electrons. The van der Waals surface area contributed by atoms with Crippen LogP contribution in [0.25, 0.3) is 0 Å². The van der Waals surface area contributed by atoms with E-state index in [9.17, 15) is 9.59 Å². The second-order valence-electron chi connectivity index (χ2n) is 6.06. The van der Waals surface area contributed by atoms with E-state index in [1.54, 1.807) is 25.3 Å². The first-order chi connectivity index (χ1) is 11.0. The zero-order valence-electron chi connectivity index (χ0n) is 13.9. The van der Waals surface area contributed by atoms with E-state index >= 15 is 0 Å². The standard InChI is InChI=1S/C17H25N3O3/c1-11-6-4-5-7-14(11)19-17(22)20-15-10-13(18-12(2)21)8-9-16(15)23-3/h8-11,14H,4-7H2,1-3H3,(H,18,21)(H2,19,20,22). The number of rotatable bonds is 4. The Morgan fingerprint density at radius 1 is 1.17 bits per heavy atom. The van der Waals surface area contributed by atoms with Crippen LogP contribution >= 0.6 is 0 Å². The lowest BCUT2D eigenvalue weighted by molar-refractivity contribution is -0.114. The Morgan fingerprint density at radius 3 is 2.57 bits per heavy atom. The number of benzene rings is 1. The normalized spacial score (nSPS) is 20.5. The molecular formula is C17H25N3O3. The molecule has 0 bridgehead atoms. The molecule has 3 N–H and O–H groups in total. The van der Waals surface area contributed by atoms with Crippen molar-refractivity contribution in [2.45, 2.75) is 45.6 Å². The van der Waals surface area contributed by atoms with Crippen LogP contribution < -0.4 is 20.7 Å². The van der Waals surface area contributed by atoms with E-state index in [0.717, 1.165) is 19.3 Å². The van der Waals surface area contributed by atoms with Gasteiger partial charge in [-0.2, -0.15) is 0 Å². The Balaban J connectivity index is 2.04. The number of methoxy groups -OCH3 is 1. The van der Waals surface area contributed by atoms with Crippen molar-refractivity contribution in [3.05, 3.63) is 18.2 Å². The molecule has 1 aromatic carbocycles. The van der Waals surface area contributed by atoms with Gasteiger partial charge in [0.1, 0.15) is 5.75 Å². The molecule has 0 saturated heterocycles. The quantitative estimate of drug-likeness (QED) is 0.796. The molecule has 0 aromatic heterocycles. The molecule has 23 heavy (non-hydrogen) atoms. The SMILES string of the molecule is COc1ccc(NC(C)=O)cc1NC(=O)NC1CCCCC1C. The predicted molar refractivity (Wildman–Crippen MR) is 90.9 cm³/mol. The molecule has 0 aliphatic heterocycles. The molecule has 1 aliphatic rings. The van der Waals surface area contributed by atoms with Crippen LogP contribution in [0, 0.1) is 5.92 Å². The number of anilines is 2. The minimum atomic E-state index is -0.248. The van der Waals surface area contributed by atoms with Gasteiger partial charge in [0.05, 0.1) is 12.8 Å². The fourth-order valence-corrected chi connectivity index (χ4v) is 2.94. The summed E-state index contributed by atoms with van der Waals surface area (Å²) in [4.78, 5) is 23.4. The highest BCUT2D eigenvalue weighted by Crippen LogP contribution is 2.28. The van der Waals surface area contributed by atoms with E-state index < -0.39 is 0 Å². The molecule has 2 atom stereocenters. The monoisotopic (exact) mass is 319 g/mol. The predicted octanol–water partition coefficient (Wildman–Crippen LogP) is 3.35. The molecule has 1 saturated carbocycles. The lowest BCUT2D eigenvalue weighted by Gasteiger charge is -2.29. The summed E-state index contributed by atoms with van der Waals surface area (Å²) in [6.07, 6.45) is 4.54. The average Bonchev–Trinajstić information content (AvgIpc) is 2.49. The van der Waals surface area contributed by atoms with Gasteiger partial charge in [-0.3, -0.25) is 4.79 Å². The van der Waals surface area contributed by atoms with Gasteiger partial charge in [-0.25, -0.2) is 4.79 Å². The third-order valence-electron chi connectivity index (χ3n) is 4.20. The highest BCUT2D eigenvalue weighted by atomic mass is 16.5. The van der Waals surface area contributed by atoms with Gasteiger partial charge in [-0.1, -0.05) is 19.8 Å². The third-order valence-corrected chi connectivity index (χ3v) is 4.20. The van der Waals surface area contributed by atoms with Crippen LogP contribution in [0.2, 0.25) is 0 Å². The number of carbonyl (C=O) groups excluding carboxylic acids is 2. The van der Waals surface area contributed by atoms with Crippen LogP contribution in [0.1, 0.15) is 39.5 Å².